The van der Waals surface area contributed by atoms with Gasteiger partial charge in [-0.3, -0.25) is 14.9 Å². The van der Waals surface area contributed by atoms with E-state index in [0.29, 0.717) is 12.2 Å². The van der Waals surface area contributed by atoms with Gasteiger partial charge in [0.25, 0.3) is 5.91 Å². The van der Waals surface area contributed by atoms with Crippen LogP contribution in [0.3, 0.4) is 0 Å². The minimum Gasteiger partial charge on any atom is -0.497 e. The Morgan fingerprint density at radius 2 is 1.66 bits per heavy atom. The van der Waals surface area contributed by atoms with E-state index in [1.807, 2.05) is 65.6 Å². The monoisotopic (exact) mass is 426 g/mol. The molecular weight excluding hydrogens is 404 g/mol. The smallest absolute Gasteiger partial charge is 0.273 e. The fourth-order valence-electron chi connectivity index (χ4n) is 4.15. The highest BCUT2D eigenvalue weighted by molar-refractivity contribution is 6.00. The number of nitrogens with zero attached hydrogens (tertiary/aromatic N) is 3. The number of H-pyrrole nitrogens is 1. The van der Waals surface area contributed by atoms with Gasteiger partial charge in [0.2, 0.25) is 0 Å². The summed E-state index contributed by atoms with van der Waals surface area (Å²) in [6.07, 6.45) is 3.51. The molecule has 1 aliphatic heterocycles. The topological polar surface area (TPSA) is 80.3 Å². The van der Waals surface area contributed by atoms with Gasteiger partial charge < -0.3 is 14.4 Å². The number of benzene rings is 2. The van der Waals surface area contributed by atoms with Gasteiger partial charge in [0.1, 0.15) is 17.2 Å². The minimum atomic E-state index is -0.292. The number of hydrogen-bond acceptors (Lipinski definition) is 5. The number of amides is 1. The lowest BCUT2D eigenvalue weighted by Gasteiger charge is -2.26. The lowest BCUT2D eigenvalue weighted by Crippen LogP contribution is -2.29. The number of hydrogen-bond donors (Lipinski definition) is 1. The molecule has 0 saturated carbocycles. The van der Waals surface area contributed by atoms with E-state index in [4.69, 9.17) is 9.47 Å². The summed E-state index contributed by atoms with van der Waals surface area (Å²) in [4.78, 5) is 19.5. The number of nitrogens with one attached hydrogen (secondary N) is 1. The van der Waals surface area contributed by atoms with E-state index in [2.05, 4.69) is 15.2 Å². The lowest BCUT2D eigenvalue weighted by atomic mass is 9.96. The van der Waals surface area contributed by atoms with E-state index in [9.17, 15) is 4.79 Å². The molecule has 5 rings (SSSR count). The third-order valence-corrected chi connectivity index (χ3v) is 5.73. The Morgan fingerprint density at radius 3 is 2.28 bits per heavy atom. The van der Waals surface area contributed by atoms with E-state index >= 15 is 0 Å². The van der Waals surface area contributed by atoms with Gasteiger partial charge in [-0.25, -0.2) is 0 Å². The second kappa shape index (κ2) is 8.19. The standard InChI is InChI=1S/C25H22N4O3/c1-31-19-9-5-17(6-10-19)22-21-23(28-27-22)25(30)29(15-16-4-3-13-26-14-16)24(21)18-7-11-20(32-2)12-8-18/h3-14,24H,15H2,1-2H3,(H,27,28). The first kappa shape index (κ1) is 19.8. The first-order chi connectivity index (χ1) is 15.7. The van der Waals surface area contributed by atoms with Crippen LogP contribution in [0.1, 0.15) is 33.2 Å². The Balaban J connectivity index is 1.62. The average molecular weight is 426 g/mol. The zero-order valence-corrected chi connectivity index (χ0v) is 17.8. The van der Waals surface area contributed by atoms with Crippen molar-refractivity contribution >= 4 is 5.91 Å². The number of pyridine rings is 1. The van der Waals surface area contributed by atoms with Crippen molar-refractivity contribution in [3.8, 4) is 22.8 Å². The summed E-state index contributed by atoms with van der Waals surface area (Å²) in [6, 6.07) is 19.1. The zero-order chi connectivity index (χ0) is 22.1. The molecule has 0 radical (unpaired) electrons. The maximum atomic E-state index is 13.4. The van der Waals surface area contributed by atoms with Crippen molar-refractivity contribution in [1.82, 2.24) is 20.1 Å². The van der Waals surface area contributed by atoms with Crippen LogP contribution < -0.4 is 9.47 Å². The molecule has 32 heavy (non-hydrogen) atoms. The quantitative estimate of drug-likeness (QED) is 0.499. The molecule has 1 atom stereocenters. The van der Waals surface area contributed by atoms with Gasteiger partial charge in [-0.2, -0.15) is 5.10 Å². The molecule has 0 fully saturated rings. The molecule has 1 unspecified atom stereocenters. The molecule has 1 amide bonds. The number of fused-ring (bicyclic) bond motifs is 1. The number of aromatic amines is 1. The number of carbonyl (C=O) groups is 1. The largest absolute Gasteiger partial charge is 0.497 e. The molecule has 4 aromatic rings. The van der Waals surface area contributed by atoms with Crippen LogP contribution in [0.25, 0.3) is 11.3 Å². The molecule has 0 bridgehead atoms. The number of methoxy groups -OCH3 is 2. The van der Waals surface area contributed by atoms with Crippen LogP contribution in [0.15, 0.2) is 73.1 Å². The molecule has 0 aliphatic carbocycles. The van der Waals surface area contributed by atoms with Crippen LogP contribution in [-0.4, -0.2) is 40.2 Å². The fourth-order valence-corrected chi connectivity index (χ4v) is 4.15. The molecule has 2 aromatic heterocycles. The van der Waals surface area contributed by atoms with Gasteiger partial charge in [-0.15, -0.1) is 0 Å². The van der Waals surface area contributed by atoms with Crippen molar-refractivity contribution in [2.75, 3.05) is 14.2 Å². The van der Waals surface area contributed by atoms with Gasteiger partial charge in [-0.05, 0) is 53.6 Å². The summed E-state index contributed by atoms with van der Waals surface area (Å²) in [5.41, 5.74) is 5.00. The second-order valence-electron chi connectivity index (χ2n) is 7.56. The lowest BCUT2D eigenvalue weighted by molar-refractivity contribution is 0.0730. The third-order valence-electron chi connectivity index (χ3n) is 5.73. The Bertz CT molecular complexity index is 1230. The van der Waals surface area contributed by atoms with E-state index in [1.54, 1.807) is 26.6 Å². The van der Waals surface area contributed by atoms with E-state index in [-0.39, 0.29) is 11.9 Å². The van der Waals surface area contributed by atoms with E-state index < -0.39 is 0 Å². The Morgan fingerprint density at radius 1 is 0.969 bits per heavy atom. The normalized spacial score (nSPS) is 15.0. The Hall–Kier alpha value is -4.13. The van der Waals surface area contributed by atoms with Crippen LogP contribution in [0.4, 0.5) is 0 Å². The van der Waals surface area contributed by atoms with Crippen LogP contribution in [0, 0.1) is 0 Å². The predicted molar refractivity (Wildman–Crippen MR) is 120 cm³/mol. The highest BCUT2D eigenvalue weighted by atomic mass is 16.5. The zero-order valence-electron chi connectivity index (χ0n) is 17.8. The van der Waals surface area contributed by atoms with Crippen molar-refractivity contribution < 1.29 is 14.3 Å². The maximum Gasteiger partial charge on any atom is 0.273 e. The summed E-state index contributed by atoms with van der Waals surface area (Å²) < 4.78 is 10.6. The van der Waals surface area contributed by atoms with Gasteiger partial charge in [-0.1, -0.05) is 18.2 Å². The van der Waals surface area contributed by atoms with Gasteiger partial charge in [0.15, 0.2) is 0 Å². The first-order valence-corrected chi connectivity index (χ1v) is 10.3. The number of carbonyl (C=O) groups excluding carboxylic acids is 1. The molecule has 7 nitrogen and oxygen atoms in total. The Kier molecular flexibility index (Phi) is 5.07. The molecule has 1 N–H and O–H groups in total. The number of ether oxygens (including phenoxy) is 2. The number of rotatable bonds is 6. The summed E-state index contributed by atoms with van der Waals surface area (Å²) in [5, 5.41) is 7.50. The van der Waals surface area contributed by atoms with Crippen molar-refractivity contribution in [2.24, 2.45) is 0 Å². The summed E-state index contributed by atoms with van der Waals surface area (Å²) >= 11 is 0. The highest BCUT2D eigenvalue weighted by Gasteiger charge is 2.42. The van der Waals surface area contributed by atoms with Gasteiger partial charge >= 0.3 is 0 Å². The summed E-state index contributed by atoms with van der Waals surface area (Å²) in [6.45, 7) is 0.438. The average Bonchev–Trinajstić information content (AvgIpc) is 3.39. The molecule has 7 heteroatoms. The summed E-state index contributed by atoms with van der Waals surface area (Å²) in [5.74, 6) is 1.44. The SMILES string of the molecule is COc1ccc(-c2n[nH]c3c2C(c2ccc(OC)cc2)N(Cc2cccnc2)C3=O)cc1. The van der Waals surface area contributed by atoms with Crippen molar-refractivity contribution in [1.29, 1.82) is 0 Å². The van der Waals surface area contributed by atoms with Crippen molar-refractivity contribution in [3.05, 3.63) is 95.4 Å². The fraction of sp³-hybridized carbons (Fsp3) is 0.160. The maximum absolute atomic E-state index is 13.4. The molecule has 3 heterocycles. The third kappa shape index (κ3) is 3.37. The van der Waals surface area contributed by atoms with Crippen molar-refractivity contribution in [3.63, 3.8) is 0 Å². The molecule has 160 valence electrons. The van der Waals surface area contributed by atoms with Gasteiger partial charge in [0.05, 0.1) is 26.0 Å². The van der Waals surface area contributed by atoms with Crippen LogP contribution >= 0.6 is 0 Å². The predicted octanol–water partition coefficient (Wildman–Crippen LogP) is 4.23. The molecular formula is C25H22N4O3. The molecule has 0 spiro atoms. The van der Waals surface area contributed by atoms with E-state index in [1.165, 1.54) is 0 Å². The summed E-state index contributed by atoms with van der Waals surface area (Å²) in [7, 11) is 3.27. The van der Waals surface area contributed by atoms with Gasteiger partial charge in [0, 0.05) is 30.1 Å². The van der Waals surface area contributed by atoms with Crippen LogP contribution in [0.5, 0.6) is 11.5 Å². The number of aromatic nitrogens is 3. The van der Waals surface area contributed by atoms with E-state index in [0.717, 1.165) is 39.4 Å². The Labute approximate surface area is 185 Å². The first-order valence-electron chi connectivity index (χ1n) is 10.3. The minimum absolute atomic E-state index is 0.0862. The molecule has 0 saturated heterocycles. The molecule has 2 aromatic carbocycles. The van der Waals surface area contributed by atoms with Crippen LogP contribution in [-0.2, 0) is 6.54 Å². The van der Waals surface area contributed by atoms with Crippen molar-refractivity contribution in [2.45, 2.75) is 12.6 Å². The van der Waals surface area contributed by atoms with Crippen LogP contribution in [0.2, 0.25) is 0 Å². The highest BCUT2D eigenvalue weighted by Crippen LogP contribution is 2.43. The second-order valence-corrected chi connectivity index (χ2v) is 7.56. The molecule has 1 aliphatic rings.